The minimum atomic E-state index is -3.39. The van der Waals surface area contributed by atoms with Gasteiger partial charge < -0.3 is 5.32 Å². The number of nitrogens with zero attached hydrogens (tertiary/aromatic N) is 3. The summed E-state index contributed by atoms with van der Waals surface area (Å²) in [4.78, 5) is 28.6. The zero-order valence-corrected chi connectivity index (χ0v) is 13.8. The molecule has 0 unspecified atom stereocenters. The summed E-state index contributed by atoms with van der Waals surface area (Å²) in [6, 6.07) is 1.71. The summed E-state index contributed by atoms with van der Waals surface area (Å²) in [6.07, 6.45) is 2.47. The van der Waals surface area contributed by atoms with Crippen molar-refractivity contribution in [2.75, 3.05) is 26.4 Å². The van der Waals surface area contributed by atoms with Gasteiger partial charge in [-0.05, 0) is 11.4 Å². The SMILES string of the molecule is CN(CC(=O)NCCn1cnc2sccc2c1=O)S(C)(=O)=O. The van der Waals surface area contributed by atoms with Crippen molar-refractivity contribution in [3.05, 3.63) is 28.1 Å². The number of carbonyl (C=O) groups excluding carboxylic acids is 1. The topological polar surface area (TPSA) is 101 Å². The normalized spacial score (nSPS) is 12.0. The fourth-order valence-corrected chi connectivity index (χ4v) is 2.82. The fraction of sp³-hybridized carbons (Fsp3) is 0.417. The average Bonchev–Trinajstić information content (AvgIpc) is 2.89. The first-order valence-electron chi connectivity index (χ1n) is 6.39. The van der Waals surface area contributed by atoms with Crippen LogP contribution in [0, 0.1) is 0 Å². The van der Waals surface area contributed by atoms with Gasteiger partial charge in [-0.3, -0.25) is 14.2 Å². The van der Waals surface area contributed by atoms with Crippen LogP contribution in [0.3, 0.4) is 0 Å². The van der Waals surface area contributed by atoms with Crippen molar-refractivity contribution in [3.63, 3.8) is 0 Å². The molecule has 0 bridgehead atoms. The lowest BCUT2D eigenvalue weighted by molar-refractivity contribution is -0.121. The second kappa shape index (κ2) is 6.55. The molecule has 0 aliphatic rings. The van der Waals surface area contributed by atoms with Crippen molar-refractivity contribution < 1.29 is 13.2 Å². The molecular formula is C12H16N4O4S2. The van der Waals surface area contributed by atoms with Gasteiger partial charge in [-0.15, -0.1) is 11.3 Å². The van der Waals surface area contributed by atoms with Crippen LogP contribution in [0.2, 0.25) is 0 Å². The molecule has 2 aromatic heterocycles. The molecule has 2 rings (SSSR count). The number of amides is 1. The van der Waals surface area contributed by atoms with E-state index in [1.165, 1.54) is 29.3 Å². The van der Waals surface area contributed by atoms with E-state index in [9.17, 15) is 18.0 Å². The number of hydrogen-bond donors (Lipinski definition) is 1. The highest BCUT2D eigenvalue weighted by Gasteiger charge is 2.14. The number of carbonyl (C=O) groups is 1. The Morgan fingerprint density at radius 1 is 1.50 bits per heavy atom. The monoisotopic (exact) mass is 344 g/mol. The molecule has 2 heterocycles. The van der Waals surface area contributed by atoms with Gasteiger partial charge in [0.25, 0.3) is 5.56 Å². The minimum absolute atomic E-state index is 0.159. The van der Waals surface area contributed by atoms with E-state index in [-0.39, 0.29) is 25.2 Å². The van der Waals surface area contributed by atoms with Gasteiger partial charge in [0.15, 0.2) is 0 Å². The summed E-state index contributed by atoms with van der Waals surface area (Å²) in [5.41, 5.74) is -0.159. The number of thiophene rings is 1. The Kier molecular flexibility index (Phi) is 4.94. The lowest BCUT2D eigenvalue weighted by Crippen LogP contribution is -2.39. The Hall–Kier alpha value is -1.78. The number of hydrogen-bond acceptors (Lipinski definition) is 6. The molecule has 8 nitrogen and oxygen atoms in total. The van der Waals surface area contributed by atoms with Crippen LogP contribution in [0.5, 0.6) is 0 Å². The molecule has 0 spiro atoms. The number of rotatable bonds is 6. The largest absolute Gasteiger partial charge is 0.353 e. The highest BCUT2D eigenvalue weighted by Crippen LogP contribution is 2.12. The Morgan fingerprint density at radius 2 is 2.23 bits per heavy atom. The van der Waals surface area contributed by atoms with E-state index in [0.29, 0.717) is 10.2 Å². The van der Waals surface area contributed by atoms with E-state index in [0.717, 1.165) is 10.6 Å². The maximum Gasteiger partial charge on any atom is 0.262 e. The van der Waals surface area contributed by atoms with Crippen LogP contribution in [0.25, 0.3) is 10.2 Å². The Morgan fingerprint density at radius 3 is 2.91 bits per heavy atom. The van der Waals surface area contributed by atoms with E-state index >= 15 is 0 Å². The van der Waals surface area contributed by atoms with Gasteiger partial charge in [0.1, 0.15) is 4.83 Å². The summed E-state index contributed by atoms with van der Waals surface area (Å²) in [7, 11) is -2.06. The number of fused-ring (bicyclic) bond motifs is 1. The third kappa shape index (κ3) is 3.90. The predicted octanol–water partition coefficient (Wildman–Crippen LogP) is -0.534. The number of nitrogens with one attached hydrogen (secondary N) is 1. The second-order valence-corrected chi connectivity index (χ2v) is 7.74. The number of sulfonamides is 1. The average molecular weight is 344 g/mol. The highest BCUT2D eigenvalue weighted by molar-refractivity contribution is 7.88. The lowest BCUT2D eigenvalue weighted by Gasteiger charge is -2.13. The smallest absolute Gasteiger partial charge is 0.262 e. The van der Waals surface area contributed by atoms with E-state index in [1.54, 1.807) is 11.4 Å². The molecule has 0 saturated heterocycles. The van der Waals surface area contributed by atoms with Crippen LogP contribution in [-0.2, 0) is 21.4 Å². The first-order valence-corrected chi connectivity index (χ1v) is 9.12. The molecule has 0 saturated carbocycles. The van der Waals surface area contributed by atoms with Crippen LogP contribution in [0.1, 0.15) is 0 Å². The lowest BCUT2D eigenvalue weighted by atomic mass is 10.4. The van der Waals surface area contributed by atoms with Gasteiger partial charge in [-0.1, -0.05) is 0 Å². The van der Waals surface area contributed by atoms with Gasteiger partial charge in [-0.2, -0.15) is 4.31 Å². The molecule has 1 amide bonds. The van der Waals surface area contributed by atoms with Crippen LogP contribution in [0.4, 0.5) is 0 Å². The van der Waals surface area contributed by atoms with Crippen molar-refractivity contribution >= 4 is 37.5 Å². The molecule has 1 N–H and O–H groups in total. The molecule has 0 aliphatic carbocycles. The third-order valence-corrected chi connectivity index (χ3v) is 5.14. The van der Waals surface area contributed by atoms with Gasteiger partial charge in [-0.25, -0.2) is 13.4 Å². The molecule has 0 fully saturated rings. The van der Waals surface area contributed by atoms with Crippen molar-refractivity contribution in [2.24, 2.45) is 0 Å². The van der Waals surface area contributed by atoms with Crippen LogP contribution in [-0.4, -0.2) is 54.6 Å². The summed E-state index contributed by atoms with van der Waals surface area (Å²) in [5, 5.41) is 4.92. The van der Waals surface area contributed by atoms with Crippen LogP contribution < -0.4 is 10.9 Å². The Labute approximate surface area is 131 Å². The quantitative estimate of drug-likeness (QED) is 0.759. The van der Waals surface area contributed by atoms with Crippen molar-refractivity contribution in [2.45, 2.75) is 6.54 Å². The van der Waals surface area contributed by atoms with E-state index in [4.69, 9.17) is 0 Å². The Bertz CT molecular complexity index is 840. The maximum atomic E-state index is 12.1. The summed E-state index contributed by atoms with van der Waals surface area (Å²) in [5.74, 6) is -0.425. The molecule has 10 heteroatoms. The predicted molar refractivity (Wildman–Crippen MR) is 84.4 cm³/mol. The van der Waals surface area contributed by atoms with Gasteiger partial charge >= 0.3 is 0 Å². The Balaban J connectivity index is 1.91. The first kappa shape index (κ1) is 16.6. The molecule has 0 aliphatic heterocycles. The van der Waals surface area contributed by atoms with Gasteiger partial charge in [0, 0.05) is 20.1 Å². The van der Waals surface area contributed by atoms with E-state index < -0.39 is 15.9 Å². The molecule has 0 radical (unpaired) electrons. The molecule has 0 atom stereocenters. The zero-order chi connectivity index (χ0) is 16.3. The van der Waals surface area contributed by atoms with Crippen molar-refractivity contribution in [3.8, 4) is 0 Å². The molecule has 22 heavy (non-hydrogen) atoms. The minimum Gasteiger partial charge on any atom is -0.353 e. The van der Waals surface area contributed by atoms with Crippen molar-refractivity contribution in [1.82, 2.24) is 19.2 Å². The first-order chi connectivity index (χ1) is 10.3. The number of aromatic nitrogens is 2. The summed E-state index contributed by atoms with van der Waals surface area (Å²) >= 11 is 1.39. The van der Waals surface area contributed by atoms with E-state index in [1.807, 2.05) is 0 Å². The van der Waals surface area contributed by atoms with E-state index in [2.05, 4.69) is 10.3 Å². The zero-order valence-electron chi connectivity index (χ0n) is 12.1. The molecular weight excluding hydrogens is 328 g/mol. The second-order valence-electron chi connectivity index (χ2n) is 4.75. The standard InChI is InChI=1S/C12H16N4O4S2/c1-15(22(2,19)20)7-10(17)13-4-5-16-8-14-11-9(12(16)18)3-6-21-11/h3,6,8H,4-5,7H2,1-2H3,(H,13,17). The molecule has 2 aromatic rings. The van der Waals surface area contributed by atoms with Crippen molar-refractivity contribution in [1.29, 1.82) is 0 Å². The van der Waals surface area contributed by atoms with Crippen LogP contribution in [0.15, 0.2) is 22.6 Å². The third-order valence-electron chi connectivity index (χ3n) is 3.06. The maximum absolute atomic E-state index is 12.1. The number of likely N-dealkylation sites (N-methyl/N-ethyl adjacent to an activating group) is 1. The highest BCUT2D eigenvalue weighted by atomic mass is 32.2. The van der Waals surface area contributed by atoms with Crippen LogP contribution >= 0.6 is 11.3 Å². The molecule has 120 valence electrons. The van der Waals surface area contributed by atoms with Gasteiger partial charge in [0.05, 0.1) is 24.5 Å². The fourth-order valence-electron chi connectivity index (χ4n) is 1.74. The molecule has 0 aromatic carbocycles. The summed E-state index contributed by atoms with van der Waals surface area (Å²) < 4.78 is 24.8. The summed E-state index contributed by atoms with van der Waals surface area (Å²) in [6.45, 7) is 0.231. The van der Waals surface area contributed by atoms with Gasteiger partial charge in [0.2, 0.25) is 15.9 Å².